The summed E-state index contributed by atoms with van der Waals surface area (Å²) in [6, 6.07) is 4.00. The zero-order chi connectivity index (χ0) is 13.1. The van der Waals surface area contributed by atoms with Crippen LogP contribution in [-0.2, 0) is 0 Å². The highest BCUT2D eigenvalue weighted by molar-refractivity contribution is 7.14. The van der Waals surface area contributed by atoms with Crippen LogP contribution in [0.25, 0.3) is 0 Å². The van der Waals surface area contributed by atoms with E-state index in [9.17, 15) is 0 Å². The van der Waals surface area contributed by atoms with Crippen LogP contribution in [0.5, 0.6) is 0 Å². The smallest absolute Gasteiger partial charge is 0.0931 e. The van der Waals surface area contributed by atoms with E-state index in [1.807, 2.05) is 0 Å². The average molecular weight is 287 g/mol. The molecule has 1 fully saturated rings. The molecular formula is C14H23ClN2S. The molecule has 0 aromatic carbocycles. The number of nitrogens with one attached hydrogen (secondary N) is 1. The Balaban J connectivity index is 1.93. The van der Waals surface area contributed by atoms with E-state index in [-0.39, 0.29) is 0 Å². The van der Waals surface area contributed by atoms with Crippen molar-refractivity contribution >= 4 is 22.9 Å². The molecule has 0 spiro atoms. The number of hydrogen-bond donors (Lipinski definition) is 1. The fraction of sp³-hybridized carbons (Fsp3) is 0.714. The summed E-state index contributed by atoms with van der Waals surface area (Å²) < 4.78 is 0.893. The number of hydrogen-bond acceptors (Lipinski definition) is 3. The molecule has 1 saturated carbocycles. The zero-order valence-corrected chi connectivity index (χ0v) is 13.0. The Morgan fingerprint density at radius 2 is 2.06 bits per heavy atom. The topological polar surface area (TPSA) is 15.3 Å². The van der Waals surface area contributed by atoms with E-state index in [1.165, 1.54) is 31.2 Å². The second-order valence-electron chi connectivity index (χ2n) is 5.32. The molecule has 1 N–H and O–H groups in total. The minimum Gasteiger partial charge on any atom is -0.317 e. The van der Waals surface area contributed by atoms with Crippen LogP contribution in [0, 0.1) is 0 Å². The summed E-state index contributed by atoms with van der Waals surface area (Å²) in [7, 11) is 4.32. The van der Waals surface area contributed by atoms with Crippen LogP contribution in [0.15, 0.2) is 11.4 Å². The van der Waals surface area contributed by atoms with Gasteiger partial charge in [0.25, 0.3) is 0 Å². The lowest BCUT2D eigenvalue weighted by Crippen LogP contribution is -2.40. The van der Waals surface area contributed by atoms with E-state index in [2.05, 4.69) is 42.7 Å². The number of rotatable bonds is 4. The molecule has 1 aliphatic rings. The summed E-state index contributed by atoms with van der Waals surface area (Å²) in [5.41, 5.74) is 1.35. The molecule has 1 heterocycles. The predicted octanol–water partition coefficient (Wildman–Crippen LogP) is 3.92. The minimum absolute atomic E-state index is 0.463. The Kier molecular flexibility index (Phi) is 5.07. The molecule has 1 aromatic heterocycles. The summed E-state index contributed by atoms with van der Waals surface area (Å²) in [5.74, 6) is 0. The summed E-state index contributed by atoms with van der Waals surface area (Å²) in [6.45, 7) is 2.28. The highest BCUT2D eigenvalue weighted by Gasteiger charge is 2.26. The first kappa shape index (κ1) is 14.3. The third-order valence-electron chi connectivity index (χ3n) is 4.36. The molecule has 2 nitrogen and oxygen atoms in total. The maximum absolute atomic E-state index is 6.02. The van der Waals surface area contributed by atoms with Gasteiger partial charge in [-0.05, 0) is 63.7 Å². The van der Waals surface area contributed by atoms with Gasteiger partial charge in [0, 0.05) is 18.1 Å². The molecule has 2 rings (SSSR count). The molecular weight excluding hydrogens is 264 g/mol. The van der Waals surface area contributed by atoms with Crippen LogP contribution in [0.4, 0.5) is 0 Å². The SMILES string of the molecule is CNC1CCC(N(C)C(C)c2csc(Cl)c2)CC1. The van der Waals surface area contributed by atoms with E-state index >= 15 is 0 Å². The highest BCUT2D eigenvalue weighted by Crippen LogP contribution is 2.32. The van der Waals surface area contributed by atoms with Crippen LogP contribution >= 0.6 is 22.9 Å². The van der Waals surface area contributed by atoms with E-state index in [4.69, 9.17) is 11.6 Å². The van der Waals surface area contributed by atoms with Crippen molar-refractivity contribution in [1.29, 1.82) is 0 Å². The molecule has 0 bridgehead atoms. The quantitative estimate of drug-likeness (QED) is 0.902. The molecule has 1 aromatic rings. The molecule has 0 aliphatic heterocycles. The number of thiophene rings is 1. The van der Waals surface area contributed by atoms with Crippen LogP contribution in [-0.4, -0.2) is 31.1 Å². The van der Waals surface area contributed by atoms with Crippen molar-refractivity contribution < 1.29 is 0 Å². The molecule has 0 amide bonds. The summed E-state index contributed by atoms with van der Waals surface area (Å²) in [4.78, 5) is 2.52. The van der Waals surface area contributed by atoms with Crippen molar-refractivity contribution in [1.82, 2.24) is 10.2 Å². The first-order chi connectivity index (χ1) is 8.61. The molecule has 1 unspecified atom stereocenters. The van der Waals surface area contributed by atoms with E-state index in [0.29, 0.717) is 12.1 Å². The predicted molar refractivity (Wildman–Crippen MR) is 80.6 cm³/mol. The third kappa shape index (κ3) is 3.27. The van der Waals surface area contributed by atoms with E-state index in [0.717, 1.165) is 10.4 Å². The van der Waals surface area contributed by atoms with Crippen molar-refractivity contribution in [3.63, 3.8) is 0 Å². The number of nitrogens with zero attached hydrogens (tertiary/aromatic N) is 1. The van der Waals surface area contributed by atoms with Gasteiger partial charge in [0.05, 0.1) is 4.34 Å². The molecule has 0 radical (unpaired) electrons. The molecule has 102 valence electrons. The summed E-state index contributed by atoms with van der Waals surface area (Å²) in [6.07, 6.45) is 5.18. The Morgan fingerprint density at radius 3 is 2.56 bits per heavy atom. The first-order valence-electron chi connectivity index (χ1n) is 6.75. The van der Waals surface area contributed by atoms with Crippen molar-refractivity contribution in [2.24, 2.45) is 0 Å². The first-order valence-corrected chi connectivity index (χ1v) is 8.00. The van der Waals surface area contributed by atoms with Crippen LogP contribution in [0.3, 0.4) is 0 Å². The van der Waals surface area contributed by atoms with Crippen LogP contribution < -0.4 is 5.32 Å². The normalized spacial score (nSPS) is 26.5. The molecule has 1 atom stereocenters. The van der Waals surface area contributed by atoms with Gasteiger partial charge in [0.1, 0.15) is 0 Å². The van der Waals surface area contributed by atoms with Gasteiger partial charge in [-0.25, -0.2) is 0 Å². The van der Waals surface area contributed by atoms with Gasteiger partial charge in [-0.2, -0.15) is 0 Å². The Morgan fingerprint density at radius 1 is 1.39 bits per heavy atom. The lowest BCUT2D eigenvalue weighted by Gasteiger charge is -2.37. The standard InChI is InChI=1S/C14H23ClN2S/c1-10(11-8-14(15)18-9-11)17(3)13-6-4-12(16-2)5-7-13/h8-10,12-13,16H,4-7H2,1-3H3. The van der Waals surface area contributed by atoms with Crippen LogP contribution in [0.1, 0.15) is 44.2 Å². The van der Waals surface area contributed by atoms with Crippen molar-refractivity contribution in [3.8, 4) is 0 Å². The Hall–Kier alpha value is -0.0900. The Labute approximate surface area is 119 Å². The Bertz CT molecular complexity index is 372. The maximum atomic E-state index is 6.02. The molecule has 1 aliphatic carbocycles. The van der Waals surface area contributed by atoms with Gasteiger partial charge in [-0.1, -0.05) is 11.6 Å². The van der Waals surface area contributed by atoms with Crippen molar-refractivity contribution in [3.05, 3.63) is 21.3 Å². The molecule has 0 saturated heterocycles. The molecule has 4 heteroatoms. The zero-order valence-electron chi connectivity index (χ0n) is 11.4. The fourth-order valence-corrected chi connectivity index (χ4v) is 3.84. The second-order valence-corrected chi connectivity index (χ2v) is 6.86. The van der Waals surface area contributed by atoms with Crippen molar-refractivity contribution in [2.45, 2.75) is 50.7 Å². The number of halogens is 1. The largest absolute Gasteiger partial charge is 0.317 e. The highest BCUT2D eigenvalue weighted by atomic mass is 35.5. The second kappa shape index (κ2) is 6.38. The van der Waals surface area contributed by atoms with E-state index in [1.54, 1.807) is 11.3 Å². The van der Waals surface area contributed by atoms with Gasteiger partial charge in [0.2, 0.25) is 0 Å². The van der Waals surface area contributed by atoms with Gasteiger partial charge in [-0.3, -0.25) is 4.90 Å². The van der Waals surface area contributed by atoms with Gasteiger partial charge in [-0.15, -0.1) is 11.3 Å². The lowest BCUT2D eigenvalue weighted by atomic mass is 9.89. The summed E-state index contributed by atoms with van der Waals surface area (Å²) in [5, 5.41) is 5.58. The maximum Gasteiger partial charge on any atom is 0.0931 e. The summed E-state index contributed by atoms with van der Waals surface area (Å²) >= 11 is 7.65. The minimum atomic E-state index is 0.463. The van der Waals surface area contributed by atoms with Gasteiger partial charge in [0.15, 0.2) is 0 Å². The average Bonchev–Trinajstić information content (AvgIpc) is 2.84. The molecule has 18 heavy (non-hydrogen) atoms. The van der Waals surface area contributed by atoms with Crippen molar-refractivity contribution in [2.75, 3.05) is 14.1 Å². The monoisotopic (exact) mass is 286 g/mol. The van der Waals surface area contributed by atoms with Gasteiger partial charge >= 0.3 is 0 Å². The lowest BCUT2D eigenvalue weighted by molar-refractivity contribution is 0.136. The van der Waals surface area contributed by atoms with E-state index < -0.39 is 0 Å². The third-order valence-corrected chi connectivity index (χ3v) is 5.47. The van der Waals surface area contributed by atoms with Crippen LogP contribution in [0.2, 0.25) is 4.34 Å². The van der Waals surface area contributed by atoms with Gasteiger partial charge < -0.3 is 5.32 Å². The fourth-order valence-electron chi connectivity index (χ4n) is 2.87.